The second-order valence-electron chi connectivity index (χ2n) is 10.6. The molecule has 2 amide bonds. The summed E-state index contributed by atoms with van der Waals surface area (Å²) in [7, 11) is 0. The van der Waals surface area contributed by atoms with Crippen LogP contribution >= 0.6 is 11.3 Å². The van der Waals surface area contributed by atoms with Crippen LogP contribution in [0, 0.1) is 0 Å². The topological polar surface area (TPSA) is 57.6 Å². The highest BCUT2D eigenvalue weighted by atomic mass is 32.1. The van der Waals surface area contributed by atoms with Gasteiger partial charge in [-0.2, -0.15) is 0 Å². The average Bonchev–Trinajstić information content (AvgIpc) is 3.48. The molecule has 1 saturated heterocycles. The summed E-state index contributed by atoms with van der Waals surface area (Å²) in [4.78, 5) is 32.4. The first-order valence-corrected chi connectivity index (χ1v) is 14.3. The molecule has 2 atom stereocenters. The Morgan fingerprint density at radius 2 is 1.92 bits per heavy atom. The number of hydrogen-bond donors (Lipinski definition) is 1. The lowest BCUT2D eigenvalue weighted by molar-refractivity contribution is -0.135. The Morgan fingerprint density at radius 3 is 2.61 bits per heavy atom. The maximum atomic E-state index is 14.1. The van der Waals surface area contributed by atoms with Crippen LogP contribution in [0.3, 0.4) is 0 Å². The molecule has 0 bridgehead atoms. The molecule has 192 valence electrons. The van der Waals surface area contributed by atoms with Crippen molar-refractivity contribution in [2.24, 2.45) is 0 Å². The van der Waals surface area contributed by atoms with Crippen LogP contribution in [0.25, 0.3) is 10.2 Å². The Kier molecular flexibility index (Phi) is 7.22. The van der Waals surface area contributed by atoms with Gasteiger partial charge in [-0.05, 0) is 55.7 Å². The van der Waals surface area contributed by atoms with Crippen LogP contribution in [0.15, 0.2) is 47.8 Å². The minimum Gasteiger partial charge on any atom is -0.351 e. The second-order valence-corrected chi connectivity index (χ2v) is 11.5. The van der Waals surface area contributed by atoms with E-state index in [1.54, 1.807) is 11.3 Å². The van der Waals surface area contributed by atoms with E-state index < -0.39 is 5.54 Å². The zero-order chi connectivity index (χ0) is 25.3. The van der Waals surface area contributed by atoms with E-state index in [0.717, 1.165) is 67.6 Å². The van der Waals surface area contributed by atoms with Gasteiger partial charge in [0, 0.05) is 31.7 Å². The van der Waals surface area contributed by atoms with E-state index in [4.69, 9.17) is 0 Å². The molecule has 2 unspecified atom stereocenters. The second kappa shape index (κ2) is 10.4. The van der Waals surface area contributed by atoms with E-state index in [0.29, 0.717) is 6.54 Å². The van der Waals surface area contributed by atoms with Gasteiger partial charge in [0.2, 0.25) is 5.91 Å². The molecule has 5 rings (SSSR count). The van der Waals surface area contributed by atoms with Gasteiger partial charge in [0.15, 0.2) is 0 Å². The number of nitrogens with zero attached hydrogens (tertiary/aromatic N) is 3. The third-order valence-corrected chi connectivity index (χ3v) is 8.94. The van der Waals surface area contributed by atoms with E-state index in [9.17, 15) is 9.59 Å². The van der Waals surface area contributed by atoms with E-state index in [-0.39, 0.29) is 23.9 Å². The van der Waals surface area contributed by atoms with Crippen molar-refractivity contribution >= 4 is 33.4 Å². The third kappa shape index (κ3) is 4.59. The molecule has 0 aliphatic carbocycles. The van der Waals surface area contributed by atoms with Crippen molar-refractivity contribution in [2.45, 2.75) is 83.6 Å². The Hall–Kier alpha value is -2.64. The molecule has 0 radical (unpaired) electrons. The number of hydrogen-bond acceptors (Lipinski definition) is 4. The van der Waals surface area contributed by atoms with Gasteiger partial charge in [-0.25, -0.2) is 0 Å². The van der Waals surface area contributed by atoms with E-state index >= 15 is 0 Å². The van der Waals surface area contributed by atoms with Gasteiger partial charge >= 0.3 is 0 Å². The van der Waals surface area contributed by atoms with Crippen molar-refractivity contribution in [3.63, 3.8) is 0 Å². The summed E-state index contributed by atoms with van der Waals surface area (Å²) in [6.07, 6.45) is 4.62. The molecule has 0 spiro atoms. The third-order valence-electron chi connectivity index (χ3n) is 8.08. The van der Waals surface area contributed by atoms with Gasteiger partial charge in [0.1, 0.15) is 11.2 Å². The van der Waals surface area contributed by atoms with Crippen molar-refractivity contribution in [3.8, 4) is 0 Å². The number of carbonyl (C=O) groups excluding carboxylic acids is 2. The van der Waals surface area contributed by atoms with Gasteiger partial charge < -0.3 is 14.8 Å². The molecule has 2 aliphatic heterocycles. The van der Waals surface area contributed by atoms with Gasteiger partial charge in [0.05, 0.1) is 16.8 Å². The Balaban J connectivity index is 1.41. The number of aromatic nitrogens is 1. The number of fused-ring (bicyclic) bond motifs is 3. The largest absolute Gasteiger partial charge is 0.351 e. The fourth-order valence-electron chi connectivity index (χ4n) is 6.05. The normalized spacial score (nSPS) is 22.1. The van der Waals surface area contributed by atoms with Crippen LogP contribution in [0.2, 0.25) is 0 Å². The molecule has 7 heteroatoms. The van der Waals surface area contributed by atoms with E-state index in [1.807, 2.05) is 24.0 Å². The quantitative estimate of drug-likeness (QED) is 0.452. The van der Waals surface area contributed by atoms with E-state index in [2.05, 4.69) is 64.3 Å². The Morgan fingerprint density at radius 1 is 1.17 bits per heavy atom. The first-order chi connectivity index (χ1) is 17.4. The average molecular weight is 507 g/mol. The molecular formula is C29H38N4O2S. The number of rotatable bonds is 8. The Labute approximate surface area is 218 Å². The van der Waals surface area contributed by atoms with Crippen molar-refractivity contribution in [3.05, 3.63) is 59.1 Å². The van der Waals surface area contributed by atoms with Gasteiger partial charge in [-0.15, -0.1) is 11.3 Å². The van der Waals surface area contributed by atoms with Crippen LogP contribution in [0.1, 0.15) is 68.9 Å². The molecule has 1 fully saturated rings. The summed E-state index contributed by atoms with van der Waals surface area (Å²) < 4.78 is 3.19. The predicted octanol–water partition coefficient (Wildman–Crippen LogP) is 5.28. The molecule has 1 aromatic carbocycles. The number of amides is 2. The van der Waals surface area contributed by atoms with Crippen molar-refractivity contribution in [2.75, 3.05) is 13.1 Å². The summed E-state index contributed by atoms with van der Waals surface area (Å²) in [6, 6.07) is 14.8. The molecule has 4 heterocycles. The van der Waals surface area contributed by atoms with Gasteiger partial charge in [0.25, 0.3) is 5.91 Å². The molecular weight excluding hydrogens is 468 g/mol. The first-order valence-electron chi connectivity index (χ1n) is 13.4. The highest BCUT2D eigenvalue weighted by Gasteiger charge is 2.51. The van der Waals surface area contributed by atoms with E-state index in [1.165, 1.54) is 5.56 Å². The van der Waals surface area contributed by atoms with Gasteiger partial charge in [-0.1, -0.05) is 50.6 Å². The molecule has 0 saturated carbocycles. The summed E-state index contributed by atoms with van der Waals surface area (Å²) >= 11 is 1.65. The zero-order valence-electron chi connectivity index (χ0n) is 21.7. The van der Waals surface area contributed by atoms with Crippen LogP contribution < -0.4 is 5.32 Å². The van der Waals surface area contributed by atoms with Crippen LogP contribution in [-0.4, -0.2) is 56.9 Å². The summed E-state index contributed by atoms with van der Waals surface area (Å²) in [5.74, 6) is -0.0297. The lowest BCUT2D eigenvalue weighted by Crippen LogP contribution is -2.68. The smallest absolute Gasteiger partial charge is 0.271 e. The first kappa shape index (κ1) is 25.0. The zero-order valence-corrected chi connectivity index (χ0v) is 22.5. The fraction of sp³-hybridized carbons (Fsp3) is 0.517. The predicted molar refractivity (Wildman–Crippen MR) is 146 cm³/mol. The number of likely N-dealkylation sites (tertiary alicyclic amines) is 1. The molecule has 2 aromatic heterocycles. The number of nitrogens with one attached hydrogen (secondary N) is 1. The molecule has 36 heavy (non-hydrogen) atoms. The number of piperidine rings is 1. The lowest BCUT2D eigenvalue weighted by Gasteiger charge is -2.50. The monoisotopic (exact) mass is 506 g/mol. The standard InChI is InChI=1S/C29H38N4O2S/c1-4-9-22(5-2)30-28(35)29(3)20-32-24-14-17-36-26(24)18-25(32)27(34)33(29)23-12-15-31(16-13-23)19-21-10-7-6-8-11-21/h6-8,10-11,14,17-18,22-23H,4-5,9,12-13,15-16,19-20H2,1-3H3,(H,30,35). The highest BCUT2D eigenvalue weighted by Crippen LogP contribution is 2.37. The number of thiophene rings is 1. The number of benzene rings is 1. The maximum Gasteiger partial charge on any atom is 0.271 e. The van der Waals surface area contributed by atoms with Crippen LogP contribution in [-0.2, 0) is 17.9 Å². The van der Waals surface area contributed by atoms with Crippen molar-refractivity contribution in [1.82, 2.24) is 19.7 Å². The minimum absolute atomic E-state index is 0.00708. The summed E-state index contributed by atoms with van der Waals surface area (Å²) in [6.45, 7) is 9.51. The van der Waals surface area contributed by atoms with Crippen molar-refractivity contribution in [1.29, 1.82) is 0 Å². The lowest BCUT2D eigenvalue weighted by atomic mass is 9.89. The summed E-state index contributed by atoms with van der Waals surface area (Å²) in [5.41, 5.74) is 2.16. The maximum absolute atomic E-state index is 14.1. The van der Waals surface area contributed by atoms with Crippen LogP contribution in [0.5, 0.6) is 0 Å². The molecule has 2 aliphatic rings. The Bertz CT molecular complexity index is 1210. The number of carbonyl (C=O) groups is 2. The van der Waals surface area contributed by atoms with Crippen LogP contribution in [0.4, 0.5) is 0 Å². The molecule has 6 nitrogen and oxygen atoms in total. The highest BCUT2D eigenvalue weighted by molar-refractivity contribution is 7.17. The molecule has 3 aromatic rings. The minimum atomic E-state index is -0.925. The molecule has 1 N–H and O–H groups in total. The van der Waals surface area contributed by atoms with Crippen molar-refractivity contribution < 1.29 is 9.59 Å². The fourth-order valence-corrected chi connectivity index (χ4v) is 6.87. The van der Waals surface area contributed by atoms with Gasteiger partial charge in [-0.3, -0.25) is 14.5 Å². The summed E-state index contributed by atoms with van der Waals surface area (Å²) in [5, 5.41) is 5.38. The SMILES string of the molecule is CCCC(CC)NC(=O)C1(C)Cn2c(cc3sccc32)C(=O)N1C1CCN(Cc2ccccc2)CC1.